The molecule has 144 heavy (non-hydrogen) atoms. The Balaban J connectivity index is 0.000000105. The Morgan fingerprint density at radius 3 is 0.653 bits per heavy atom. The van der Waals surface area contributed by atoms with Gasteiger partial charge >= 0.3 is 0 Å². The summed E-state index contributed by atoms with van der Waals surface area (Å²) in [5.41, 5.74) is 36.3. The number of benzene rings is 24. The molecule has 0 aliphatic carbocycles. The van der Waals surface area contributed by atoms with Crippen LogP contribution in [0.5, 0.6) is 0 Å². The van der Waals surface area contributed by atoms with Crippen molar-refractivity contribution in [1.82, 2.24) is 27.4 Å². The van der Waals surface area contributed by atoms with Gasteiger partial charge in [-0.05, 0) is 264 Å². The molecule has 6 aromatic heterocycles. The minimum absolute atomic E-state index is 1.17. The number of aromatic nitrogens is 6. The van der Waals surface area contributed by atoms with Crippen LogP contribution in [0, 0.1) is 0 Å². The van der Waals surface area contributed by atoms with E-state index in [-0.39, 0.29) is 0 Å². The van der Waals surface area contributed by atoms with Crippen LogP contribution in [-0.4, -0.2) is 27.4 Å². The van der Waals surface area contributed by atoms with Crippen LogP contribution in [-0.2, 0) is 0 Å². The van der Waals surface area contributed by atoms with Crippen LogP contribution in [0.4, 0.5) is 0 Å². The number of nitrogens with zero attached hydrogens (tertiary/aromatic N) is 6. The molecule has 24 aromatic carbocycles. The number of hydrogen-bond acceptors (Lipinski definition) is 0. The van der Waals surface area contributed by atoms with Gasteiger partial charge in [-0.25, -0.2) is 0 Å². The molecule has 0 aliphatic rings. The van der Waals surface area contributed by atoms with Crippen molar-refractivity contribution in [1.29, 1.82) is 0 Å². The van der Waals surface area contributed by atoms with E-state index in [1.165, 1.54) is 264 Å². The maximum absolute atomic E-state index is 2.43. The van der Waals surface area contributed by atoms with Crippen LogP contribution < -0.4 is 0 Å². The molecule has 0 bridgehead atoms. The summed E-state index contributed by atoms with van der Waals surface area (Å²) in [4.78, 5) is 0. The van der Waals surface area contributed by atoms with E-state index in [1.807, 2.05) is 0 Å². The second kappa shape index (κ2) is 34.5. The molecule has 6 heteroatoms. The first-order chi connectivity index (χ1) is 71.5. The van der Waals surface area contributed by atoms with Crippen molar-refractivity contribution in [2.45, 2.75) is 0 Å². The van der Waals surface area contributed by atoms with Crippen LogP contribution >= 0.6 is 0 Å². The molecule has 0 amide bonds. The van der Waals surface area contributed by atoms with Crippen LogP contribution in [0.1, 0.15) is 0 Å². The Morgan fingerprint density at radius 2 is 0.319 bits per heavy atom. The van der Waals surface area contributed by atoms with Crippen LogP contribution in [0.25, 0.3) is 264 Å². The summed E-state index contributed by atoms with van der Waals surface area (Å²) >= 11 is 0. The van der Waals surface area contributed by atoms with Gasteiger partial charge in [0.15, 0.2) is 0 Å². The lowest BCUT2D eigenvalue weighted by atomic mass is 9.93. The van der Waals surface area contributed by atoms with Crippen molar-refractivity contribution in [3.8, 4) is 101 Å². The smallest absolute Gasteiger partial charge is 0.0541 e. The molecule has 0 spiro atoms. The molecular formula is C138H90N6. The highest BCUT2D eigenvalue weighted by atomic mass is 15.0. The van der Waals surface area contributed by atoms with Crippen LogP contribution in [0.2, 0.25) is 0 Å². The fourth-order valence-electron chi connectivity index (χ4n) is 23.2. The monoisotopic (exact) mass is 1830 g/mol. The van der Waals surface area contributed by atoms with Crippen molar-refractivity contribution in [2.75, 3.05) is 0 Å². The molecule has 6 nitrogen and oxygen atoms in total. The second-order valence-corrected chi connectivity index (χ2v) is 37.7. The largest absolute Gasteiger partial charge is 0.309 e. The normalized spacial score (nSPS) is 11.8. The number of rotatable bonds is 12. The quantitative estimate of drug-likeness (QED) is 0.117. The summed E-state index contributed by atoms with van der Waals surface area (Å²) in [5, 5.41) is 22.6. The maximum Gasteiger partial charge on any atom is 0.0541 e. The summed E-state index contributed by atoms with van der Waals surface area (Å²) < 4.78 is 14.4. The van der Waals surface area contributed by atoms with Gasteiger partial charge in [0.2, 0.25) is 0 Å². The third-order valence-electron chi connectivity index (χ3n) is 29.7. The van der Waals surface area contributed by atoms with E-state index < -0.39 is 0 Å². The van der Waals surface area contributed by atoms with Gasteiger partial charge in [0.1, 0.15) is 0 Å². The van der Waals surface area contributed by atoms with E-state index >= 15 is 0 Å². The van der Waals surface area contributed by atoms with E-state index in [1.54, 1.807) is 0 Å². The van der Waals surface area contributed by atoms with E-state index in [0.29, 0.717) is 0 Å². The zero-order chi connectivity index (χ0) is 94.8. The summed E-state index contributed by atoms with van der Waals surface area (Å²) in [6.07, 6.45) is 0. The van der Waals surface area contributed by atoms with Gasteiger partial charge < -0.3 is 27.4 Å². The number of fused-ring (bicyclic) bond motifs is 21. The molecule has 0 atom stereocenters. The van der Waals surface area contributed by atoms with Gasteiger partial charge in [-0.3, -0.25) is 0 Å². The minimum atomic E-state index is 1.17. The molecular weight excluding hydrogens is 1740 g/mol. The zero-order valence-electron chi connectivity index (χ0n) is 78.6. The molecule has 672 valence electrons. The van der Waals surface area contributed by atoms with Gasteiger partial charge in [0.05, 0.1) is 77.6 Å². The first kappa shape index (κ1) is 83.1. The lowest BCUT2D eigenvalue weighted by Gasteiger charge is -2.13. The van der Waals surface area contributed by atoms with E-state index in [9.17, 15) is 0 Å². The summed E-state index contributed by atoms with van der Waals surface area (Å²) in [7, 11) is 0. The highest BCUT2D eigenvalue weighted by Gasteiger charge is 2.25. The van der Waals surface area contributed by atoms with Gasteiger partial charge in [-0.2, -0.15) is 0 Å². The first-order valence-corrected chi connectivity index (χ1v) is 49.6. The fourth-order valence-corrected chi connectivity index (χ4v) is 23.2. The van der Waals surface area contributed by atoms with Gasteiger partial charge in [-0.1, -0.05) is 370 Å². The minimum Gasteiger partial charge on any atom is -0.309 e. The first-order valence-electron chi connectivity index (χ1n) is 49.6. The lowest BCUT2D eigenvalue weighted by Crippen LogP contribution is -1.95. The van der Waals surface area contributed by atoms with Crippen molar-refractivity contribution in [3.63, 3.8) is 0 Å². The van der Waals surface area contributed by atoms with Gasteiger partial charge in [0, 0.05) is 98.2 Å². The standard InChI is InChI=1S/3C46H30N2/c1-2-16-36(17-3-1)47-43-21-8-6-19-38(43)40-29-34(24-26-45(40)47)32-14-10-15-33(28-32)35-25-27-46-41(30-35)39-20-7-9-22-44(39)48(46)42-23-11-13-31-12-4-5-18-37(31)42;1-2-15-34(16-3-1)47-43-22-10-8-20-38(43)40-29-32(25-27-45(40)47)35-17-6-7-18-36(35)33-26-28-46-41(30-33)39-21-9-11-23-44(39)48(46)42-24-12-14-31-13-4-5-19-37(31)42;1-2-14-35(15-3-1)47-43-20-10-8-18-39(43)41-29-33(23-26-45(41)47)37-16-6-7-17-38(37)34-24-27-46-42(30-34)40-19-9-11-21-44(40)48(46)36-25-22-31-12-4-5-13-32(31)28-36/h3*1-30H. The fraction of sp³-hybridized carbons (Fsp3) is 0. The molecule has 0 fully saturated rings. The Labute approximate surface area is 831 Å². The lowest BCUT2D eigenvalue weighted by molar-refractivity contribution is 1.18. The molecule has 30 aromatic rings. The molecule has 30 rings (SSSR count). The van der Waals surface area contributed by atoms with Crippen LogP contribution in [0.3, 0.4) is 0 Å². The molecule has 6 heterocycles. The average molecular weight is 1830 g/mol. The molecule has 0 N–H and O–H groups in total. The van der Waals surface area contributed by atoms with E-state index in [4.69, 9.17) is 0 Å². The third kappa shape index (κ3) is 13.9. The zero-order valence-corrected chi connectivity index (χ0v) is 78.6. The SMILES string of the molecule is c1ccc(-n2c3ccccc3c3cc(-c4cccc(-c5ccc6c(c5)c5ccccc5n6-c5cccc6ccccc56)c4)ccc32)cc1.c1ccc(-n2c3ccccc3c3cc(-c4ccccc4-c4ccc5c(c4)c4ccccc4n5-c4ccc5ccccc5c4)ccc32)cc1.c1ccc(-n2c3ccccc3c3cc(-c4ccccc4-c4ccc5c(c4)c4ccccc4n5-c4cccc5ccccc45)ccc32)cc1. The topological polar surface area (TPSA) is 29.6 Å². The predicted octanol–water partition coefficient (Wildman–Crippen LogP) is 37.1. The summed E-state index contributed by atoms with van der Waals surface area (Å²) in [6, 6.07) is 199. The van der Waals surface area contributed by atoms with Crippen molar-refractivity contribution in [3.05, 3.63) is 546 Å². The Morgan fingerprint density at radius 1 is 0.0972 bits per heavy atom. The maximum atomic E-state index is 2.43. The number of hydrogen-bond donors (Lipinski definition) is 0. The molecule has 0 unspecified atom stereocenters. The average Bonchev–Trinajstić information content (AvgIpc) is 1.58. The molecule has 0 radical (unpaired) electrons. The van der Waals surface area contributed by atoms with E-state index in [2.05, 4.69) is 573 Å². The predicted molar refractivity (Wildman–Crippen MR) is 610 cm³/mol. The molecule has 0 saturated carbocycles. The van der Waals surface area contributed by atoms with Gasteiger partial charge in [-0.15, -0.1) is 0 Å². The third-order valence-corrected chi connectivity index (χ3v) is 29.7. The molecule has 0 aliphatic heterocycles. The Bertz CT molecular complexity index is 10400. The second-order valence-electron chi connectivity index (χ2n) is 37.7. The van der Waals surface area contributed by atoms with E-state index in [0.717, 1.165) is 0 Å². The van der Waals surface area contributed by atoms with Gasteiger partial charge in [0.25, 0.3) is 0 Å². The molecule has 0 saturated heterocycles. The Hall–Kier alpha value is -19.1. The van der Waals surface area contributed by atoms with Crippen LogP contribution in [0.15, 0.2) is 546 Å². The highest BCUT2D eigenvalue weighted by molar-refractivity contribution is 6.18. The number of para-hydroxylation sites is 9. The Kier molecular flexibility index (Phi) is 19.9. The van der Waals surface area contributed by atoms with Crippen molar-refractivity contribution in [2.24, 2.45) is 0 Å². The van der Waals surface area contributed by atoms with Crippen molar-refractivity contribution >= 4 is 163 Å². The summed E-state index contributed by atoms with van der Waals surface area (Å²) in [5.74, 6) is 0. The highest BCUT2D eigenvalue weighted by Crippen LogP contribution is 2.47. The summed E-state index contributed by atoms with van der Waals surface area (Å²) in [6.45, 7) is 0. The van der Waals surface area contributed by atoms with Crippen molar-refractivity contribution < 1.29 is 0 Å².